The molecule has 0 saturated carbocycles. The van der Waals surface area contributed by atoms with E-state index in [1.165, 1.54) is 0 Å². The van der Waals surface area contributed by atoms with Crippen molar-refractivity contribution in [3.63, 3.8) is 0 Å². The second-order valence-electron chi connectivity index (χ2n) is 6.77. The minimum absolute atomic E-state index is 0.185. The average molecular weight is 423 g/mol. The highest BCUT2D eigenvalue weighted by Crippen LogP contribution is 2.32. The third-order valence-corrected chi connectivity index (χ3v) is 4.87. The van der Waals surface area contributed by atoms with Crippen LogP contribution in [0.5, 0.6) is 11.5 Å². The van der Waals surface area contributed by atoms with E-state index < -0.39 is 0 Å². The predicted molar refractivity (Wildman–Crippen MR) is 114 cm³/mol. The van der Waals surface area contributed by atoms with E-state index in [4.69, 9.17) is 21.1 Å². The Kier molecular flexibility index (Phi) is 5.86. The first-order chi connectivity index (χ1) is 14.6. The van der Waals surface area contributed by atoms with E-state index in [0.717, 1.165) is 11.1 Å². The van der Waals surface area contributed by atoms with Crippen molar-refractivity contribution in [2.24, 2.45) is 0 Å². The lowest BCUT2D eigenvalue weighted by Crippen LogP contribution is -2.25. The molecule has 3 aromatic carbocycles. The number of anilines is 1. The number of halogens is 1. The second-order valence-corrected chi connectivity index (χ2v) is 7.20. The van der Waals surface area contributed by atoms with Crippen LogP contribution in [0.3, 0.4) is 0 Å². The van der Waals surface area contributed by atoms with Crippen molar-refractivity contribution in [2.45, 2.75) is 13.0 Å². The molecule has 0 unspecified atom stereocenters. The van der Waals surface area contributed by atoms with Crippen molar-refractivity contribution in [2.75, 3.05) is 12.1 Å². The number of carbonyl (C=O) groups excluding carboxylic acids is 2. The van der Waals surface area contributed by atoms with Crippen LogP contribution < -0.4 is 20.1 Å². The fourth-order valence-electron chi connectivity index (χ4n) is 3.10. The summed E-state index contributed by atoms with van der Waals surface area (Å²) in [6.07, 6.45) is 0.185. The molecular weight excluding hydrogens is 404 g/mol. The molecule has 0 aliphatic carbocycles. The molecule has 30 heavy (non-hydrogen) atoms. The van der Waals surface area contributed by atoms with Crippen LogP contribution in [0, 0.1) is 0 Å². The summed E-state index contributed by atoms with van der Waals surface area (Å²) in [6.45, 7) is 0.525. The number of hydrogen-bond acceptors (Lipinski definition) is 4. The lowest BCUT2D eigenvalue weighted by Gasteiger charge is -2.12. The molecule has 0 atom stereocenters. The lowest BCUT2D eigenvalue weighted by atomic mass is 10.1. The van der Waals surface area contributed by atoms with E-state index in [-0.39, 0.29) is 25.0 Å². The first-order valence-corrected chi connectivity index (χ1v) is 9.76. The Morgan fingerprint density at radius 2 is 1.63 bits per heavy atom. The minimum Gasteiger partial charge on any atom is -0.454 e. The molecule has 2 N–H and O–H groups in total. The highest BCUT2D eigenvalue weighted by atomic mass is 35.5. The van der Waals surface area contributed by atoms with Gasteiger partial charge in [-0.25, -0.2) is 0 Å². The first kappa shape index (κ1) is 19.8. The molecule has 7 heteroatoms. The summed E-state index contributed by atoms with van der Waals surface area (Å²) < 4.78 is 10.7. The quantitative estimate of drug-likeness (QED) is 0.624. The van der Waals surface area contributed by atoms with Crippen LogP contribution in [0.2, 0.25) is 5.02 Å². The molecule has 1 aliphatic heterocycles. The van der Waals surface area contributed by atoms with Crippen molar-refractivity contribution in [3.8, 4) is 11.5 Å². The maximum atomic E-state index is 12.7. The Labute approximate surface area is 178 Å². The highest BCUT2D eigenvalue weighted by Gasteiger charge is 2.16. The van der Waals surface area contributed by atoms with E-state index in [2.05, 4.69) is 10.6 Å². The van der Waals surface area contributed by atoms with Crippen LogP contribution in [-0.2, 0) is 17.8 Å². The van der Waals surface area contributed by atoms with E-state index >= 15 is 0 Å². The molecule has 152 valence electrons. The highest BCUT2D eigenvalue weighted by molar-refractivity contribution is 6.30. The first-order valence-electron chi connectivity index (χ1n) is 9.38. The number of amides is 2. The summed E-state index contributed by atoms with van der Waals surface area (Å²) in [5.74, 6) is 0.860. The number of fused-ring (bicyclic) bond motifs is 1. The van der Waals surface area contributed by atoms with Gasteiger partial charge in [0, 0.05) is 11.6 Å². The molecule has 0 radical (unpaired) electrons. The zero-order valence-corrected chi connectivity index (χ0v) is 16.7. The zero-order valence-electron chi connectivity index (χ0n) is 16.0. The molecule has 0 aromatic heterocycles. The van der Waals surface area contributed by atoms with Gasteiger partial charge in [-0.3, -0.25) is 9.59 Å². The number of carbonyl (C=O) groups is 2. The summed E-state index contributed by atoms with van der Waals surface area (Å²) in [5, 5.41) is 6.31. The van der Waals surface area contributed by atoms with Gasteiger partial charge in [-0.1, -0.05) is 41.9 Å². The van der Waals surface area contributed by atoms with Crippen LogP contribution in [0.25, 0.3) is 0 Å². The summed E-state index contributed by atoms with van der Waals surface area (Å²) >= 11 is 5.88. The van der Waals surface area contributed by atoms with Crippen LogP contribution in [0.15, 0.2) is 66.7 Å². The SMILES string of the molecule is O=C(Cc1ccc(Cl)cc1)Nc1ccccc1C(=O)NCc1ccc2c(c1)OCO2. The minimum atomic E-state index is -0.282. The number of rotatable bonds is 6. The van der Waals surface area contributed by atoms with Gasteiger partial charge >= 0.3 is 0 Å². The van der Waals surface area contributed by atoms with Crippen molar-refractivity contribution in [3.05, 3.63) is 88.4 Å². The van der Waals surface area contributed by atoms with Gasteiger partial charge in [0.1, 0.15) is 0 Å². The molecular formula is C23H19ClN2O4. The van der Waals surface area contributed by atoms with Gasteiger partial charge in [0.2, 0.25) is 12.7 Å². The smallest absolute Gasteiger partial charge is 0.253 e. The molecule has 2 amide bonds. The molecule has 1 aliphatic rings. The van der Waals surface area contributed by atoms with Crippen molar-refractivity contribution < 1.29 is 19.1 Å². The van der Waals surface area contributed by atoms with Gasteiger partial charge in [-0.15, -0.1) is 0 Å². The Hall–Kier alpha value is -3.51. The standard InChI is InChI=1S/C23H19ClN2O4/c24-17-8-5-15(6-9-17)12-22(27)26-19-4-2-1-3-18(19)23(28)25-13-16-7-10-20-21(11-16)30-14-29-20/h1-11H,12-14H2,(H,25,28)(H,26,27). The van der Waals surface area contributed by atoms with Gasteiger partial charge in [-0.2, -0.15) is 0 Å². The third-order valence-electron chi connectivity index (χ3n) is 4.61. The van der Waals surface area contributed by atoms with Gasteiger partial charge in [-0.05, 0) is 47.5 Å². The molecule has 6 nitrogen and oxygen atoms in total. The molecule has 4 rings (SSSR count). The third kappa shape index (κ3) is 4.72. The maximum absolute atomic E-state index is 12.7. The summed E-state index contributed by atoms with van der Waals surface area (Å²) in [4.78, 5) is 25.1. The number of nitrogens with one attached hydrogen (secondary N) is 2. The maximum Gasteiger partial charge on any atom is 0.253 e. The monoisotopic (exact) mass is 422 g/mol. The summed E-state index contributed by atoms with van der Waals surface area (Å²) in [5.41, 5.74) is 2.57. The largest absolute Gasteiger partial charge is 0.454 e. The fraction of sp³-hybridized carbons (Fsp3) is 0.130. The summed E-state index contributed by atoms with van der Waals surface area (Å²) in [6, 6.07) is 19.5. The zero-order chi connectivity index (χ0) is 20.9. The Bertz CT molecular complexity index is 1080. The Morgan fingerprint density at radius 3 is 2.47 bits per heavy atom. The molecule has 3 aromatic rings. The molecule has 0 saturated heterocycles. The Balaban J connectivity index is 1.40. The van der Waals surface area contributed by atoms with Crippen molar-refractivity contribution >= 4 is 29.1 Å². The van der Waals surface area contributed by atoms with Crippen LogP contribution in [0.4, 0.5) is 5.69 Å². The fourth-order valence-corrected chi connectivity index (χ4v) is 3.23. The van der Waals surface area contributed by atoms with Crippen LogP contribution >= 0.6 is 11.6 Å². The Morgan fingerprint density at radius 1 is 0.900 bits per heavy atom. The van der Waals surface area contributed by atoms with Gasteiger partial charge in [0.15, 0.2) is 11.5 Å². The van der Waals surface area contributed by atoms with Crippen LogP contribution in [-0.4, -0.2) is 18.6 Å². The van der Waals surface area contributed by atoms with E-state index in [1.807, 2.05) is 18.2 Å². The predicted octanol–water partition coefficient (Wildman–Crippen LogP) is 4.18. The number of para-hydroxylation sites is 1. The van der Waals surface area contributed by atoms with Gasteiger partial charge in [0.05, 0.1) is 17.7 Å². The van der Waals surface area contributed by atoms with Crippen molar-refractivity contribution in [1.29, 1.82) is 0 Å². The normalized spacial score (nSPS) is 11.8. The average Bonchev–Trinajstić information content (AvgIpc) is 3.22. The van der Waals surface area contributed by atoms with Crippen LogP contribution in [0.1, 0.15) is 21.5 Å². The van der Waals surface area contributed by atoms with Gasteiger partial charge in [0.25, 0.3) is 5.91 Å². The molecule has 0 fully saturated rings. The topological polar surface area (TPSA) is 76.7 Å². The van der Waals surface area contributed by atoms with E-state index in [9.17, 15) is 9.59 Å². The summed E-state index contributed by atoms with van der Waals surface area (Å²) in [7, 11) is 0. The molecule has 1 heterocycles. The number of hydrogen-bond donors (Lipinski definition) is 2. The van der Waals surface area contributed by atoms with Gasteiger partial charge < -0.3 is 20.1 Å². The van der Waals surface area contributed by atoms with Crippen molar-refractivity contribution in [1.82, 2.24) is 5.32 Å². The number of ether oxygens (including phenoxy) is 2. The van der Waals surface area contributed by atoms with E-state index in [0.29, 0.717) is 34.3 Å². The lowest BCUT2D eigenvalue weighted by molar-refractivity contribution is -0.115. The van der Waals surface area contributed by atoms with E-state index in [1.54, 1.807) is 48.5 Å². The molecule has 0 spiro atoms. The second kappa shape index (κ2) is 8.88. The molecule has 0 bridgehead atoms. The number of benzene rings is 3.